The summed E-state index contributed by atoms with van der Waals surface area (Å²) in [4.78, 5) is 27.8. The summed E-state index contributed by atoms with van der Waals surface area (Å²) < 4.78 is 0. The van der Waals surface area contributed by atoms with Crippen LogP contribution >= 0.6 is 0 Å². The molecule has 1 aromatic rings. The molecule has 0 saturated heterocycles. The number of benzene rings is 1. The molecule has 132 valence electrons. The van der Waals surface area contributed by atoms with Crippen molar-refractivity contribution < 1.29 is 19.8 Å². The Balaban J connectivity index is 2.43. The van der Waals surface area contributed by atoms with Crippen molar-refractivity contribution in [2.45, 2.75) is 39.7 Å². The van der Waals surface area contributed by atoms with Crippen LogP contribution in [0.4, 0.5) is 0 Å². The van der Waals surface area contributed by atoms with Crippen molar-refractivity contribution in [3.8, 4) is 0 Å². The molecule has 1 aliphatic rings. The Bertz CT molecular complexity index is 757. The molecule has 0 amide bonds. The molecule has 1 aliphatic carbocycles. The van der Waals surface area contributed by atoms with Gasteiger partial charge in [-0.3, -0.25) is 9.79 Å². The fraction of sp³-hybridized carbons (Fsp3) is 0.350. The number of aliphatic hydroxyl groups is 1. The van der Waals surface area contributed by atoms with Gasteiger partial charge in [-0.1, -0.05) is 50.3 Å². The Kier molecular flexibility index (Phi) is 5.57. The molecule has 2 rings (SSSR count). The summed E-state index contributed by atoms with van der Waals surface area (Å²) in [5.74, 6) is -1.47. The van der Waals surface area contributed by atoms with Crippen molar-refractivity contribution in [2.24, 2.45) is 10.4 Å². The number of ketones is 1. The fourth-order valence-electron chi connectivity index (χ4n) is 2.80. The van der Waals surface area contributed by atoms with Gasteiger partial charge in [0.25, 0.3) is 0 Å². The first-order valence-electron chi connectivity index (χ1n) is 8.19. The molecule has 5 heteroatoms. The lowest BCUT2D eigenvalue weighted by molar-refractivity contribution is -0.138. The average molecular weight is 341 g/mol. The Labute approximate surface area is 147 Å². The number of allylic oxidation sites excluding steroid dienone is 2. The second-order valence-electron chi connectivity index (χ2n) is 7.04. The highest BCUT2D eigenvalue weighted by Gasteiger charge is 2.36. The molecule has 0 radical (unpaired) electrons. The molecule has 25 heavy (non-hydrogen) atoms. The van der Waals surface area contributed by atoms with E-state index in [1.165, 1.54) is 13.0 Å². The van der Waals surface area contributed by atoms with Crippen LogP contribution in [0.15, 0.2) is 52.7 Å². The van der Waals surface area contributed by atoms with Gasteiger partial charge in [-0.25, -0.2) is 4.79 Å². The van der Waals surface area contributed by atoms with E-state index in [9.17, 15) is 14.7 Å². The molecule has 1 atom stereocenters. The predicted octanol–water partition coefficient (Wildman–Crippen LogP) is 3.82. The number of aliphatic hydroxyl groups excluding tert-OH is 1. The quantitative estimate of drug-likeness (QED) is 0.644. The number of carboxylic acid groups (broad SMARTS) is 1. The fourth-order valence-corrected chi connectivity index (χ4v) is 2.80. The van der Waals surface area contributed by atoms with Crippen LogP contribution in [0, 0.1) is 5.41 Å². The number of rotatable bonds is 4. The highest BCUT2D eigenvalue weighted by molar-refractivity contribution is 6.25. The monoisotopic (exact) mass is 341 g/mol. The molecule has 0 spiro atoms. The third-order valence-electron chi connectivity index (χ3n) is 4.05. The zero-order valence-corrected chi connectivity index (χ0v) is 14.7. The summed E-state index contributed by atoms with van der Waals surface area (Å²) in [5.41, 5.74) is 1.04. The van der Waals surface area contributed by atoms with Gasteiger partial charge in [0.05, 0.1) is 11.3 Å². The molecule has 1 fully saturated rings. The SMILES string of the molecule is CC(N=C1CC(C)(C)CC(=O)/C1=C(O)/C=C/c1ccccc1)C(=O)O. The molecule has 0 bridgehead atoms. The molecule has 2 N–H and O–H groups in total. The van der Waals surface area contributed by atoms with Gasteiger partial charge in [0, 0.05) is 6.42 Å². The molecule has 1 aromatic carbocycles. The van der Waals surface area contributed by atoms with E-state index in [0.717, 1.165) is 5.56 Å². The first-order chi connectivity index (χ1) is 11.7. The van der Waals surface area contributed by atoms with Crippen LogP contribution in [0.1, 0.15) is 39.2 Å². The van der Waals surface area contributed by atoms with Crippen molar-refractivity contribution >= 4 is 23.5 Å². The second-order valence-corrected chi connectivity index (χ2v) is 7.04. The van der Waals surface area contributed by atoms with Crippen LogP contribution in [-0.2, 0) is 9.59 Å². The van der Waals surface area contributed by atoms with E-state index in [4.69, 9.17) is 5.11 Å². The van der Waals surface area contributed by atoms with Crippen LogP contribution < -0.4 is 0 Å². The van der Waals surface area contributed by atoms with Crippen molar-refractivity contribution in [3.63, 3.8) is 0 Å². The summed E-state index contributed by atoms with van der Waals surface area (Å²) >= 11 is 0. The zero-order chi connectivity index (χ0) is 18.6. The molecular formula is C20H23NO4. The Morgan fingerprint density at radius 3 is 2.44 bits per heavy atom. The largest absolute Gasteiger partial charge is 0.507 e. The van der Waals surface area contributed by atoms with Gasteiger partial charge < -0.3 is 10.2 Å². The lowest BCUT2D eigenvalue weighted by Crippen LogP contribution is -2.33. The number of carboxylic acids is 1. The van der Waals surface area contributed by atoms with E-state index >= 15 is 0 Å². The van der Waals surface area contributed by atoms with Crippen molar-refractivity contribution in [1.82, 2.24) is 0 Å². The lowest BCUT2D eigenvalue weighted by Gasteiger charge is -2.31. The van der Waals surface area contributed by atoms with Crippen LogP contribution in [0.25, 0.3) is 6.08 Å². The minimum absolute atomic E-state index is 0.125. The number of carbonyl (C=O) groups is 2. The van der Waals surface area contributed by atoms with Crippen molar-refractivity contribution in [3.05, 3.63) is 53.3 Å². The highest BCUT2D eigenvalue weighted by atomic mass is 16.4. The Morgan fingerprint density at radius 1 is 1.20 bits per heavy atom. The van der Waals surface area contributed by atoms with E-state index in [1.54, 1.807) is 6.08 Å². The lowest BCUT2D eigenvalue weighted by atomic mass is 9.73. The topological polar surface area (TPSA) is 87.0 Å². The maximum Gasteiger partial charge on any atom is 0.328 e. The second kappa shape index (κ2) is 7.47. The molecule has 5 nitrogen and oxygen atoms in total. The number of hydrogen-bond donors (Lipinski definition) is 2. The summed E-state index contributed by atoms with van der Waals surface area (Å²) in [6.07, 6.45) is 3.89. The average Bonchev–Trinajstić information content (AvgIpc) is 2.52. The smallest absolute Gasteiger partial charge is 0.328 e. The van der Waals surface area contributed by atoms with Gasteiger partial charge in [0.15, 0.2) is 5.78 Å². The molecule has 1 saturated carbocycles. The summed E-state index contributed by atoms with van der Waals surface area (Å²) in [6.45, 7) is 5.31. The Morgan fingerprint density at radius 2 is 1.84 bits per heavy atom. The first kappa shape index (κ1) is 18.6. The van der Waals surface area contributed by atoms with Gasteiger partial charge in [0.1, 0.15) is 11.8 Å². The third-order valence-corrected chi connectivity index (χ3v) is 4.05. The normalized spacial score (nSPS) is 22.2. The number of aliphatic carboxylic acids is 1. The highest BCUT2D eigenvalue weighted by Crippen LogP contribution is 2.35. The van der Waals surface area contributed by atoms with Gasteiger partial charge >= 0.3 is 5.97 Å². The summed E-state index contributed by atoms with van der Waals surface area (Å²) in [5, 5.41) is 19.5. The van der Waals surface area contributed by atoms with E-state index in [1.807, 2.05) is 44.2 Å². The standard InChI is InChI=1S/C20H23NO4/c1-13(19(24)25)21-15-11-20(2,3)12-17(23)18(15)16(22)10-9-14-7-5-4-6-8-14/h4-10,13,22H,11-12H2,1-3H3,(H,24,25)/b10-9+,18-16-,21-15?. The van der Waals surface area contributed by atoms with Gasteiger partial charge in [0.2, 0.25) is 0 Å². The van der Waals surface area contributed by atoms with Gasteiger partial charge in [-0.2, -0.15) is 0 Å². The van der Waals surface area contributed by atoms with Gasteiger partial charge in [-0.05, 0) is 30.4 Å². The predicted molar refractivity (Wildman–Crippen MR) is 97.7 cm³/mol. The van der Waals surface area contributed by atoms with Crippen LogP contribution in [0.5, 0.6) is 0 Å². The number of aliphatic imine (C=N–C) groups is 1. The number of Topliss-reactive ketones (excluding diaryl/α,β-unsaturated/α-hetero) is 1. The number of nitrogens with zero attached hydrogens (tertiary/aromatic N) is 1. The number of carbonyl (C=O) groups excluding carboxylic acids is 1. The summed E-state index contributed by atoms with van der Waals surface area (Å²) in [6, 6.07) is 8.42. The van der Waals surface area contributed by atoms with Crippen molar-refractivity contribution in [2.75, 3.05) is 0 Å². The number of hydrogen-bond acceptors (Lipinski definition) is 4. The Hall–Kier alpha value is -2.69. The van der Waals surface area contributed by atoms with Gasteiger partial charge in [-0.15, -0.1) is 0 Å². The van der Waals surface area contributed by atoms with Crippen LogP contribution in [-0.4, -0.2) is 33.7 Å². The van der Waals surface area contributed by atoms with Crippen LogP contribution in [0.2, 0.25) is 0 Å². The molecule has 0 heterocycles. The minimum atomic E-state index is -1.07. The first-order valence-corrected chi connectivity index (χ1v) is 8.19. The van der Waals surface area contributed by atoms with E-state index in [-0.39, 0.29) is 29.0 Å². The maximum absolute atomic E-state index is 12.5. The van der Waals surface area contributed by atoms with E-state index in [0.29, 0.717) is 12.1 Å². The van der Waals surface area contributed by atoms with E-state index in [2.05, 4.69) is 4.99 Å². The van der Waals surface area contributed by atoms with Crippen LogP contribution in [0.3, 0.4) is 0 Å². The molecular weight excluding hydrogens is 318 g/mol. The maximum atomic E-state index is 12.5. The third kappa shape index (κ3) is 4.89. The molecule has 0 aliphatic heterocycles. The summed E-state index contributed by atoms with van der Waals surface area (Å²) in [7, 11) is 0. The molecule has 1 unspecified atom stereocenters. The van der Waals surface area contributed by atoms with E-state index < -0.39 is 12.0 Å². The zero-order valence-electron chi connectivity index (χ0n) is 14.7. The minimum Gasteiger partial charge on any atom is -0.507 e. The van der Waals surface area contributed by atoms with Crippen molar-refractivity contribution in [1.29, 1.82) is 0 Å². The molecule has 0 aromatic heterocycles.